The lowest BCUT2D eigenvalue weighted by atomic mass is 10.2. The fraction of sp³-hybridized carbons (Fsp3) is 0.455. The average molecular weight is 189 g/mol. The maximum atomic E-state index is 4.15. The lowest BCUT2D eigenvalue weighted by Gasteiger charge is -1.99. The van der Waals surface area contributed by atoms with E-state index in [4.69, 9.17) is 0 Å². The van der Waals surface area contributed by atoms with Crippen molar-refractivity contribution in [1.82, 2.24) is 15.0 Å². The Morgan fingerprint density at radius 2 is 2.21 bits per heavy atom. The molecule has 2 aromatic rings. The molecule has 1 aromatic carbocycles. The molecule has 0 saturated carbocycles. The molecular formula is C11H15N3. The van der Waals surface area contributed by atoms with E-state index in [0.717, 1.165) is 24.0 Å². The average Bonchev–Trinajstić information content (AvgIpc) is 2.57. The van der Waals surface area contributed by atoms with E-state index in [1.165, 1.54) is 12.0 Å². The van der Waals surface area contributed by atoms with Crippen LogP contribution in [0.25, 0.3) is 11.0 Å². The standard InChI is InChI=1S/C11H15N3/c1-3-4-7-14-11-6-5-9(2)8-10(11)12-13-14/h5-6,8H,3-4,7H2,1-2H3. The van der Waals surface area contributed by atoms with Crippen LogP contribution >= 0.6 is 0 Å². The highest BCUT2D eigenvalue weighted by Gasteiger charge is 2.02. The van der Waals surface area contributed by atoms with Crippen molar-refractivity contribution in [1.29, 1.82) is 0 Å². The highest BCUT2D eigenvalue weighted by molar-refractivity contribution is 5.74. The number of fused-ring (bicyclic) bond motifs is 1. The van der Waals surface area contributed by atoms with E-state index in [9.17, 15) is 0 Å². The molecule has 0 aliphatic carbocycles. The highest BCUT2D eigenvalue weighted by atomic mass is 15.4. The largest absolute Gasteiger partial charge is 0.245 e. The molecule has 1 aromatic heterocycles. The van der Waals surface area contributed by atoms with E-state index in [-0.39, 0.29) is 0 Å². The first-order chi connectivity index (χ1) is 6.81. The van der Waals surface area contributed by atoms with Crippen molar-refractivity contribution in [3.8, 4) is 0 Å². The molecule has 0 N–H and O–H groups in total. The van der Waals surface area contributed by atoms with Crippen molar-refractivity contribution in [2.24, 2.45) is 0 Å². The summed E-state index contributed by atoms with van der Waals surface area (Å²) < 4.78 is 1.98. The van der Waals surface area contributed by atoms with Crippen LogP contribution < -0.4 is 0 Å². The molecule has 0 amide bonds. The van der Waals surface area contributed by atoms with E-state index in [0.29, 0.717) is 0 Å². The minimum atomic E-state index is 0.968. The molecule has 0 aliphatic rings. The minimum absolute atomic E-state index is 0.968. The Morgan fingerprint density at radius 3 is 3.00 bits per heavy atom. The third-order valence-electron chi connectivity index (χ3n) is 2.39. The molecule has 0 atom stereocenters. The third-order valence-corrected chi connectivity index (χ3v) is 2.39. The molecule has 0 bridgehead atoms. The van der Waals surface area contributed by atoms with Gasteiger partial charge < -0.3 is 0 Å². The Balaban J connectivity index is 2.37. The van der Waals surface area contributed by atoms with Crippen LogP contribution in [-0.4, -0.2) is 15.0 Å². The Hall–Kier alpha value is -1.38. The van der Waals surface area contributed by atoms with E-state index in [2.05, 4.69) is 42.4 Å². The summed E-state index contributed by atoms with van der Waals surface area (Å²) in [6.45, 7) is 5.23. The van der Waals surface area contributed by atoms with Gasteiger partial charge in [0.05, 0.1) is 5.52 Å². The van der Waals surface area contributed by atoms with Gasteiger partial charge in [0.15, 0.2) is 0 Å². The highest BCUT2D eigenvalue weighted by Crippen LogP contribution is 2.13. The third kappa shape index (κ3) is 1.62. The molecule has 74 valence electrons. The van der Waals surface area contributed by atoms with E-state index < -0.39 is 0 Å². The van der Waals surface area contributed by atoms with Gasteiger partial charge in [-0.3, -0.25) is 0 Å². The Morgan fingerprint density at radius 1 is 1.36 bits per heavy atom. The topological polar surface area (TPSA) is 30.7 Å². The normalized spacial score (nSPS) is 11.0. The minimum Gasteiger partial charge on any atom is -0.245 e. The van der Waals surface area contributed by atoms with Crippen LogP contribution in [0, 0.1) is 6.92 Å². The zero-order valence-electron chi connectivity index (χ0n) is 8.70. The summed E-state index contributed by atoms with van der Waals surface area (Å²) in [5.74, 6) is 0. The predicted octanol–water partition coefficient (Wildman–Crippen LogP) is 2.54. The van der Waals surface area contributed by atoms with Gasteiger partial charge >= 0.3 is 0 Å². The molecule has 0 aliphatic heterocycles. The van der Waals surface area contributed by atoms with Crippen LogP contribution in [0.15, 0.2) is 18.2 Å². The van der Waals surface area contributed by atoms with Crippen molar-refractivity contribution >= 4 is 11.0 Å². The van der Waals surface area contributed by atoms with Crippen molar-refractivity contribution in [2.75, 3.05) is 0 Å². The summed E-state index contributed by atoms with van der Waals surface area (Å²) in [4.78, 5) is 0. The summed E-state index contributed by atoms with van der Waals surface area (Å²) in [6, 6.07) is 6.28. The Labute approximate surface area is 83.7 Å². The summed E-state index contributed by atoms with van der Waals surface area (Å²) in [5.41, 5.74) is 3.38. The number of benzene rings is 1. The van der Waals surface area contributed by atoms with Crippen molar-refractivity contribution in [3.05, 3.63) is 23.8 Å². The second kappa shape index (κ2) is 3.78. The van der Waals surface area contributed by atoms with Gasteiger partial charge in [0, 0.05) is 6.54 Å². The number of aryl methyl sites for hydroxylation is 2. The van der Waals surface area contributed by atoms with Crippen LogP contribution in [0.3, 0.4) is 0 Å². The van der Waals surface area contributed by atoms with Crippen molar-refractivity contribution < 1.29 is 0 Å². The van der Waals surface area contributed by atoms with Crippen LogP contribution in [0.4, 0.5) is 0 Å². The number of nitrogens with zero attached hydrogens (tertiary/aromatic N) is 3. The van der Waals surface area contributed by atoms with Crippen molar-refractivity contribution in [2.45, 2.75) is 33.2 Å². The molecule has 2 rings (SSSR count). The van der Waals surface area contributed by atoms with Gasteiger partial charge in [-0.1, -0.05) is 24.6 Å². The molecule has 0 unspecified atom stereocenters. The maximum Gasteiger partial charge on any atom is 0.113 e. The van der Waals surface area contributed by atoms with Crippen LogP contribution in [0.1, 0.15) is 25.3 Å². The molecule has 0 saturated heterocycles. The fourth-order valence-electron chi connectivity index (χ4n) is 1.56. The second-order valence-corrected chi connectivity index (χ2v) is 3.66. The first-order valence-corrected chi connectivity index (χ1v) is 5.11. The first-order valence-electron chi connectivity index (χ1n) is 5.11. The van der Waals surface area contributed by atoms with Gasteiger partial charge in [-0.15, -0.1) is 5.10 Å². The van der Waals surface area contributed by atoms with Gasteiger partial charge in [-0.05, 0) is 31.0 Å². The van der Waals surface area contributed by atoms with Gasteiger partial charge in [-0.25, -0.2) is 4.68 Å². The molecule has 1 heterocycles. The number of hydrogen-bond donors (Lipinski definition) is 0. The Kier molecular flexibility index (Phi) is 2.48. The zero-order chi connectivity index (χ0) is 9.97. The summed E-state index contributed by atoms with van der Waals surface area (Å²) >= 11 is 0. The monoisotopic (exact) mass is 189 g/mol. The van der Waals surface area contributed by atoms with Gasteiger partial charge in [0.25, 0.3) is 0 Å². The second-order valence-electron chi connectivity index (χ2n) is 3.66. The number of rotatable bonds is 3. The van der Waals surface area contributed by atoms with E-state index in [1.807, 2.05) is 4.68 Å². The molecule has 14 heavy (non-hydrogen) atoms. The van der Waals surface area contributed by atoms with E-state index >= 15 is 0 Å². The van der Waals surface area contributed by atoms with Gasteiger partial charge in [-0.2, -0.15) is 0 Å². The summed E-state index contributed by atoms with van der Waals surface area (Å²) in [6.07, 6.45) is 2.35. The first kappa shape index (κ1) is 9.19. The number of aromatic nitrogens is 3. The number of unbranched alkanes of at least 4 members (excludes halogenated alkanes) is 1. The predicted molar refractivity (Wildman–Crippen MR) is 57.2 cm³/mol. The van der Waals surface area contributed by atoms with E-state index in [1.54, 1.807) is 0 Å². The smallest absolute Gasteiger partial charge is 0.113 e. The molecular weight excluding hydrogens is 174 g/mol. The van der Waals surface area contributed by atoms with Crippen LogP contribution in [-0.2, 0) is 6.54 Å². The lowest BCUT2D eigenvalue weighted by molar-refractivity contribution is 0.567. The van der Waals surface area contributed by atoms with Gasteiger partial charge in [0.1, 0.15) is 5.52 Å². The van der Waals surface area contributed by atoms with Gasteiger partial charge in [0.2, 0.25) is 0 Å². The van der Waals surface area contributed by atoms with Crippen molar-refractivity contribution in [3.63, 3.8) is 0 Å². The zero-order valence-corrected chi connectivity index (χ0v) is 8.70. The molecule has 3 nitrogen and oxygen atoms in total. The summed E-state index contributed by atoms with van der Waals surface area (Å²) in [5, 5.41) is 8.29. The SMILES string of the molecule is CCCCn1nnc2cc(C)ccc21. The van der Waals surface area contributed by atoms with Crippen LogP contribution in [0.2, 0.25) is 0 Å². The van der Waals surface area contributed by atoms with Crippen LogP contribution in [0.5, 0.6) is 0 Å². The molecule has 0 fully saturated rings. The molecule has 0 radical (unpaired) electrons. The fourth-order valence-corrected chi connectivity index (χ4v) is 1.56. The molecule has 0 spiro atoms. The number of hydrogen-bond acceptors (Lipinski definition) is 2. The summed E-state index contributed by atoms with van der Waals surface area (Å²) in [7, 11) is 0. The quantitative estimate of drug-likeness (QED) is 0.742. The lowest BCUT2D eigenvalue weighted by Crippen LogP contribution is -1.99. The Bertz CT molecular complexity index is 431. The molecule has 3 heteroatoms. The maximum absolute atomic E-state index is 4.15.